The second kappa shape index (κ2) is 4.29. The van der Waals surface area contributed by atoms with Crippen molar-refractivity contribution in [1.29, 1.82) is 0 Å². The SMILES string of the molecule is Cc1cnn(C2CCN(c3ncnc4[nH]ncc34)C2)c1. The number of aromatic nitrogens is 6. The van der Waals surface area contributed by atoms with Gasteiger partial charge in [-0.3, -0.25) is 9.78 Å². The van der Waals surface area contributed by atoms with Crippen LogP contribution in [0.15, 0.2) is 24.9 Å². The Morgan fingerprint density at radius 3 is 3.10 bits per heavy atom. The summed E-state index contributed by atoms with van der Waals surface area (Å²) in [5.74, 6) is 0.954. The summed E-state index contributed by atoms with van der Waals surface area (Å²) in [5.41, 5.74) is 1.98. The Labute approximate surface area is 115 Å². The summed E-state index contributed by atoms with van der Waals surface area (Å²) in [6, 6.07) is 0.403. The van der Waals surface area contributed by atoms with E-state index in [1.807, 2.05) is 6.20 Å². The third-order valence-electron chi connectivity index (χ3n) is 3.79. The van der Waals surface area contributed by atoms with Crippen LogP contribution < -0.4 is 4.90 Å². The summed E-state index contributed by atoms with van der Waals surface area (Å²) >= 11 is 0. The molecule has 0 amide bonds. The van der Waals surface area contributed by atoms with Gasteiger partial charge in [-0.2, -0.15) is 10.2 Å². The molecular formula is C13H15N7. The Hall–Kier alpha value is -2.44. The second-order valence-corrected chi connectivity index (χ2v) is 5.22. The van der Waals surface area contributed by atoms with Crippen LogP contribution in [0.25, 0.3) is 11.0 Å². The maximum absolute atomic E-state index is 4.42. The van der Waals surface area contributed by atoms with Crippen molar-refractivity contribution in [2.24, 2.45) is 0 Å². The van der Waals surface area contributed by atoms with E-state index < -0.39 is 0 Å². The van der Waals surface area contributed by atoms with E-state index in [9.17, 15) is 0 Å². The minimum atomic E-state index is 0.403. The van der Waals surface area contributed by atoms with Gasteiger partial charge in [-0.15, -0.1) is 0 Å². The van der Waals surface area contributed by atoms with E-state index in [1.165, 1.54) is 5.56 Å². The average molecular weight is 269 g/mol. The van der Waals surface area contributed by atoms with Crippen molar-refractivity contribution >= 4 is 16.9 Å². The Kier molecular flexibility index (Phi) is 2.45. The number of anilines is 1. The highest BCUT2D eigenvalue weighted by Crippen LogP contribution is 2.29. The highest BCUT2D eigenvalue weighted by molar-refractivity contribution is 5.86. The Bertz CT molecular complexity index is 744. The standard InChI is InChI=1S/C13H15N7/c1-9-4-17-20(6-9)10-2-3-19(7-10)13-11-5-16-18-12(11)14-8-15-13/h4-6,8,10H,2-3,7H2,1H3,(H,14,15,16,18). The van der Waals surface area contributed by atoms with Gasteiger partial charge in [0.2, 0.25) is 0 Å². The summed E-state index contributed by atoms with van der Waals surface area (Å²) in [7, 11) is 0. The monoisotopic (exact) mass is 269 g/mol. The Morgan fingerprint density at radius 2 is 2.25 bits per heavy atom. The molecule has 0 aliphatic carbocycles. The van der Waals surface area contributed by atoms with E-state index >= 15 is 0 Å². The van der Waals surface area contributed by atoms with Crippen LogP contribution in [0.4, 0.5) is 5.82 Å². The lowest BCUT2D eigenvalue weighted by Gasteiger charge is -2.17. The maximum Gasteiger partial charge on any atom is 0.160 e. The molecule has 1 saturated heterocycles. The third-order valence-corrected chi connectivity index (χ3v) is 3.79. The van der Waals surface area contributed by atoms with Crippen molar-refractivity contribution in [3.63, 3.8) is 0 Å². The summed E-state index contributed by atoms with van der Waals surface area (Å²) in [5, 5.41) is 12.3. The van der Waals surface area contributed by atoms with Crippen molar-refractivity contribution in [3.8, 4) is 0 Å². The molecule has 0 spiro atoms. The average Bonchev–Trinajstić information content (AvgIpc) is 3.17. The lowest BCUT2D eigenvalue weighted by Crippen LogP contribution is -2.22. The van der Waals surface area contributed by atoms with Gasteiger partial charge in [0.15, 0.2) is 5.65 Å². The van der Waals surface area contributed by atoms with Gasteiger partial charge in [-0.1, -0.05) is 0 Å². The minimum Gasteiger partial charge on any atom is -0.354 e. The molecule has 1 aliphatic rings. The summed E-state index contributed by atoms with van der Waals surface area (Å²) in [6.45, 7) is 3.95. The fourth-order valence-corrected chi connectivity index (χ4v) is 2.79. The van der Waals surface area contributed by atoms with Crippen LogP contribution in [0.2, 0.25) is 0 Å². The van der Waals surface area contributed by atoms with Crippen molar-refractivity contribution in [1.82, 2.24) is 29.9 Å². The van der Waals surface area contributed by atoms with Gasteiger partial charge in [-0.05, 0) is 18.9 Å². The normalized spacial score (nSPS) is 19.1. The lowest BCUT2D eigenvalue weighted by molar-refractivity contribution is 0.494. The van der Waals surface area contributed by atoms with Gasteiger partial charge < -0.3 is 4.90 Å². The van der Waals surface area contributed by atoms with Crippen molar-refractivity contribution in [3.05, 3.63) is 30.5 Å². The minimum absolute atomic E-state index is 0.403. The number of nitrogens with one attached hydrogen (secondary N) is 1. The van der Waals surface area contributed by atoms with E-state index in [-0.39, 0.29) is 0 Å². The summed E-state index contributed by atoms with van der Waals surface area (Å²) in [6.07, 6.45) is 8.45. The van der Waals surface area contributed by atoms with Crippen molar-refractivity contribution < 1.29 is 0 Å². The predicted molar refractivity (Wildman–Crippen MR) is 74.5 cm³/mol. The van der Waals surface area contributed by atoms with E-state index in [0.717, 1.165) is 36.4 Å². The molecule has 7 nitrogen and oxygen atoms in total. The van der Waals surface area contributed by atoms with Crippen molar-refractivity contribution in [2.75, 3.05) is 18.0 Å². The zero-order valence-electron chi connectivity index (χ0n) is 11.2. The first-order valence-corrected chi connectivity index (χ1v) is 6.71. The number of nitrogens with zero attached hydrogens (tertiary/aromatic N) is 6. The van der Waals surface area contributed by atoms with Gasteiger partial charge in [0.1, 0.15) is 12.1 Å². The van der Waals surface area contributed by atoms with Crippen LogP contribution in [0.1, 0.15) is 18.0 Å². The molecule has 7 heteroatoms. The molecule has 0 aromatic carbocycles. The van der Waals surface area contributed by atoms with Crippen LogP contribution in [0.5, 0.6) is 0 Å². The van der Waals surface area contributed by atoms with Crippen LogP contribution in [0.3, 0.4) is 0 Å². The summed E-state index contributed by atoms with van der Waals surface area (Å²) in [4.78, 5) is 10.9. The van der Waals surface area contributed by atoms with Crippen LogP contribution in [0, 0.1) is 6.92 Å². The first-order valence-electron chi connectivity index (χ1n) is 6.71. The number of aryl methyl sites for hydroxylation is 1. The van der Waals surface area contributed by atoms with Crippen LogP contribution in [-0.2, 0) is 0 Å². The van der Waals surface area contributed by atoms with Gasteiger partial charge in [0.25, 0.3) is 0 Å². The van der Waals surface area contributed by atoms with Gasteiger partial charge in [0.05, 0.1) is 23.8 Å². The topological polar surface area (TPSA) is 75.5 Å². The molecule has 4 heterocycles. The zero-order valence-corrected chi connectivity index (χ0v) is 11.2. The number of hydrogen-bond donors (Lipinski definition) is 1. The molecule has 0 radical (unpaired) electrons. The van der Waals surface area contributed by atoms with Gasteiger partial charge >= 0.3 is 0 Å². The fourth-order valence-electron chi connectivity index (χ4n) is 2.79. The number of fused-ring (bicyclic) bond motifs is 1. The molecule has 102 valence electrons. The molecule has 4 rings (SSSR count). The predicted octanol–water partition coefficient (Wildman–Crippen LogP) is 1.31. The molecule has 1 unspecified atom stereocenters. The molecule has 0 saturated carbocycles. The first-order chi connectivity index (χ1) is 9.81. The first kappa shape index (κ1) is 11.4. The molecule has 20 heavy (non-hydrogen) atoms. The quantitative estimate of drug-likeness (QED) is 0.759. The Morgan fingerprint density at radius 1 is 1.30 bits per heavy atom. The third kappa shape index (κ3) is 1.74. The van der Waals surface area contributed by atoms with E-state index in [1.54, 1.807) is 12.5 Å². The van der Waals surface area contributed by atoms with E-state index in [0.29, 0.717) is 6.04 Å². The molecule has 3 aromatic rings. The van der Waals surface area contributed by atoms with Gasteiger partial charge in [0, 0.05) is 19.3 Å². The van der Waals surface area contributed by atoms with E-state index in [4.69, 9.17) is 0 Å². The Balaban J connectivity index is 1.63. The molecule has 0 bridgehead atoms. The molecule has 1 fully saturated rings. The summed E-state index contributed by atoms with van der Waals surface area (Å²) < 4.78 is 2.06. The largest absolute Gasteiger partial charge is 0.354 e. The van der Waals surface area contributed by atoms with Crippen molar-refractivity contribution in [2.45, 2.75) is 19.4 Å². The second-order valence-electron chi connectivity index (χ2n) is 5.22. The molecular weight excluding hydrogens is 254 g/mol. The number of hydrogen-bond acceptors (Lipinski definition) is 5. The molecule has 1 N–H and O–H groups in total. The maximum atomic E-state index is 4.42. The lowest BCUT2D eigenvalue weighted by atomic mass is 10.3. The molecule has 3 aromatic heterocycles. The van der Waals surface area contributed by atoms with Gasteiger partial charge in [-0.25, -0.2) is 9.97 Å². The number of aromatic amines is 1. The fraction of sp³-hybridized carbons (Fsp3) is 0.385. The highest BCUT2D eigenvalue weighted by atomic mass is 15.3. The number of H-pyrrole nitrogens is 1. The smallest absolute Gasteiger partial charge is 0.160 e. The van der Waals surface area contributed by atoms with E-state index in [2.05, 4.69) is 48.0 Å². The molecule has 1 atom stereocenters. The van der Waals surface area contributed by atoms with Crippen LogP contribution >= 0.6 is 0 Å². The zero-order chi connectivity index (χ0) is 13.5. The van der Waals surface area contributed by atoms with Crippen LogP contribution in [-0.4, -0.2) is 43.0 Å². The molecule has 1 aliphatic heterocycles. The highest BCUT2D eigenvalue weighted by Gasteiger charge is 2.26. The number of rotatable bonds is 2.